The van der Waals surface area contributed by atoms with E-state index in [0.717, 1.165) is 0 Å². The number of hydrogen-bond acceptors (Lipinski definition) is 2. The summed E-state index contributed by atoms with van der Waals surface area (Å²) in [5.41, 5.74) is 0. The van der Waals surface area contributed by atoms with E-state index in [4.69, 9.17) is 0 Å². The van der Waals surface area contributed by atoms with E-state index in [2.05, 4.69) is 10.3 Å². The number of halogens is 2. The van der Waals surface area contributed by atoms with E-state index in [1.807, 2.05) is 6.92 Å². The van der Waals surface area contributed by atoms with Gasteiger partial charge in [0.15, 0.2) is 0 Å². The highest BCUT2D eigenvalue weighted by Crippen LogP contribution is 2.18. The highest BCUT2D eigenvalue weighted by molar-refractivity contribution is 5.00. The van der Waals surface area contributed by atoms with Gasteiger partial charge in [0.1, 0.15) is 11.9 Å². The first kappa shape index (κ1) is 11.1. The predicted molar refractivity (Wildman–Crippen MR) is 50.3 cm³/mol. The van der Waals surface area contributed by atoms with Crippen molar-refractivity contribution < 1.29 is 8.78 Å². The summed E-state index contributed by atoms with van der Waals surface area (Å²) in [7, 11) is 0. The molecule has 0 fully saturated rings. The van der Waals surface area contributed by atoms with Crippen molar-refractivity contribution in [3.8, 4) is 0 Å². The van der Waals surface area contributed by atoms with Crippen LogP contribution in [-0.4, -0.2) is 22.5 Å². The van der Waals surface area contributed by atoms with E-state index in [0.29, 0.717) is 18.9 Å². The summed E-state index contributed by atoms with van der Waals surface area (Å²) < 4.78 is 27.0. The van der Waals surface area contributed by atoms with Gasteiger partial charge in [-0.05, 0) is 13.5 Å². The van der Waals surface area contributed by atoms with Crippen molar-refractivity contribution in [1.29, 1.82) is 0 Å². The zero-order valence-corrected chi connectivity index (χ0v) is 8.37. The molecule has 1 N–H and O–H groups in total. The Balaban J connectivity index is 2.86. The molecule has 3 nitrogen and oxygen atoms in total. The molecule has 0 aliphatic rings. The minimum Gasteiger partial charge on any atom is -0.334 e. The lowest BCUT2D eigenvalue weighted by molar-refractivity contribution is 0.0937. The van der Waals surface area contributed by atoms with Gasteiger partial charge in [-0.1, -0.05) is 6.92 Å². The number of imidazole rings is 1. The molecule has 1 aromatic rings. The van der Waals surface area contributed by atoms with Gasteiger partial charge in [0, 0.05) is 18.9 Å². The highest BCUT2D eigenvalue weighted by atomic mass is 19.3. The molecule has 0 amide bonds. The van der Waals surface area contributed by atoms with Crippen LogP contribution in [0.25, 0.3) is 0 Å². The largest absolute Gasteiger partial charge is 0.334 e. The molecule has 1 atom stereocenters. The molecule has 0 radical (unpaired) electrons. The summed E-state index contributed by atoms with van der Waals surface area (Å²) in [6, 6.07) is -0.963. The van der Waals surface area contributed by atoms with E-state index >= 15 is 0 Å². The number of nitrogens with zero attached hydrogens (tertiary/aromatic N) is 2. The molecular formula is C9H15F2N3. The lowest BCUT2D eigenvalue weighted by atomic mass is 10.3. The molecule has 0 aliphatic carbocycles. The van der Waals surface area contributed by atoms with E-state index in [1.54, 1.807) is 23.9 Å². The molecule has 1 rings (SSSR count). The number of alkyl halides is 2. The topological polar surface area (TPSA) is 29.9 Å². The highest BCUT2D eigenvalue weighted by Gasteiger charge is 2.24. The number of aromatic nitrogens is 2. The first-order valence-corrected chi connectivity index (χ1v) is 4.73. The summed E-state index contributed by atoms with van der Waals surface area (Å²) in [5, 5.41) is 2.73. The lowest BCUT2D eigenvalue weighted by Gasteiger charge is -2.17. The molecule has 14 heavy (non-hydrogen) atoms. The van der Waals surface area contributed by atoms with E-state index in [9.17, 15) is 8.78 Å². The van der Waals surface area contributed by atoms with Crippen LogP contribution in [0.3, 0.4) is 0 Å². The SMILES string of the molecule is CCNC(c1nccn1CC)C(F)F. The summed E-state index contributed by atoms with van der Waals surface area (Å²) in [5.74, 6) is 0.407. The fourth-order valence-corrected chi connectivity index (χ4v) is 1.38. The molecule has 0 aliphatic heterocycles. The Labute approximate surface area is 82.1 Å². The van der Waals surface area contributed by atoms with Crippen LogP contribution in [0.4, 0.5) is 8.78 Å². The number of aryl methyl sites for hydroxylation is 1. The molecule has 1 heterocycles. The maximum atomic E-state index is 12.6. The van der Waals surface area contributed by atoms with Gasteiger partial charge < -0.3 is 9.88 Å². The van der Waals surface area contributed by atoms with Gasteiger partial charge in [0.05, 0.1) is 0 Å². The fourth-order valence-electron chi connectivity index (χ4n) is 1.38. The van der Waals surface area contributed by atoms with E-state index in [-0.39, 0.29) is 0 Å². The van der Waals surface area contributed by atoms with E-state index < -0.39 is 12.5 Å². The van der Waals surface area contributed by atoms with Crippen molar-refractivity contribution in [2.24, 2.45) is 0 Å². The Morgan fingerprint density at radius 2 is 2.21 bits per heavy atom. The first-order valence-electron chi connectivity index (χ1n) is 4.73. The van der Waals surface area contributed by atoms with Gasteiger partial charge in [-0.15, -0.1) is 0 Å². The van der Waals surface area contributed by atoms with Crippen LogP contribution in [0.5, 0.6) is 0 Å². The first-order chi connectivity index (χ1) is 6.70. The van der Waals surface area contributed by atoms with Crippen LogP contribution in [0.15, 0.2) is 12.4 Å². The van der Waals surface area contributed by atoms with Crippen molar-refractivity contribution in [1.82, 2.24) is 14.9 Å². The average Bonchev–Trinajstić information content (AvgIpc) is 2.61. The molecule has 0 bridgehead atoms. The third kappa shape index (κ3) is 2.29. The molecule has 80 valence electrons. The monoisotopic (exact) mass is 203 g/mol. The molecule has 5 heteroatoms. The quantitative estimate of drug-likeness (QED) is 0.791. The Bertz CT molecular complexity index is 273. The Kier molecular flexibility index (Phi) is 4.00. The van der Waals surface area contributed by atoms with Crippen molar-refractivity contribution >= 4 is 0 Å². The zero-order valence-electron chi connectivity index (χ0n) is 8.37. The van der Waals surface area contributed by atoms with Crippen LogP contribution < -0.4 is 5.32 Å². The third-order valence-electron chi connectivity index (χ3n) is 2.04. The van der Waals surface area contributed by atoms with Crippen molar-refractivity contribution in [3.05, 3.63) is 18.2 Å². The van der Waals surface area contributed by atoms with Gasteiger partial charge in [-0.25, -0.2) is 13.8 Å². The second-order valence-corrected chi connectivity index (χ2v) is 2.94. The number of hydrogen-bond donors (Lipinski definition) is 1. The van der Waals surface area contributed by atoms with Crippen LogP contribution in [0.2, 0.25) is 0 Å². The van der Waals surface area contributed by atoms with Crippen molar-refractivity contribution in [2.45, 2.75) is 32.9 Å². The minimum absolute atomic E-state index is 0.407. The number of rotatable bonds is 5. The van der Waals surface area contributed by atoms with Gasteiger partial charge >= 0.3 is 0 Å². The Morgan fingerprint density at radius 3 is 2.71 bits per heavy atom. The average molecular weight is 203 g/mol. The maximum Gasteiger partial charge on any atom is 0.260 e. The smallest absolute Gasteiger partial charge is 0.260 e. The predicted octanol–water partition coefficient (Wildman–Crippen LogP) is 1.82. The molecular weight excluding hydrogens is 188 g/mol. The summed E-state index contributed by atoms with van der Waals surface area (Å²) in [4.78, 5) is 3.95. The fraction of sp³-hybridized carbons (Fsp3) is 0.667. The van der Waals surface area contributed by atoms with Gasteiger partial charge in [-0.2, -0.15) is 0 Å². The molecule has 1 unspecified atom stereocenters. The second-order valence-electron chi connectivity index (χ2n) is 2.94. The van der Waals surface area contributed by atoms with Gasteiger partial charge in [-0.3, -0.25) is 0 Å². The van der Waals surface area contributed by atoms with Crippen molar-refractivity contribution in [3.63, 3.8) is 0 Å². The Hall–Kier alpha value is -0.970. The molecule has 0 spiro atoms. The van der Waals surface area contributed by atoms with Crippen LogP contribution in [0.1, 0.15) is 25.7 Å². The summed E-state index contributed by atoms with van der Waals surface area (Å²) in [6.45, 7) is 4.86. The number of nitrogens with one attached hydrogen (secondary N) is 1. The van der Waals surface area contributed by atoms with Crippen molar-refractivity contribution in [2.75, 3.05) is 6.54 Å². The molecule has 1 aromatic heterocycles. The minimum atomic E-state index is -2.43. The molecule has 0 saturated carbocycles. The molecule has 0 aromatic carbocycles. The van der Waals surface area contributed by atoms with E-state index in [1.165, 1.54) is 0 Å². The standard InChI is InChI=1S/C9H15F2N3/c1-3-12-7(8(10)11)9-13-5-6-14(9)4-2/h5-8,12H,3-4H2,1-2H3. The van der Waals surface area contributed by atoms with Crippen LogP contribution >= 0.6 is 0 Å². The van der Waals surface area contributed by atoms with Crippen LogP contribution in [-0.2, 0) is 6.54 Å². The van der Waals surface area contributed by atoms with Gasteiger partial charge in [0.25, 0.3) is 6.43 Å². The second kappa shape index (κ2) is 5.05. The summed E-state index contributed by atoms with van der Waals surface area (Å²) in [6.07, 6.45) is 0.829. The van der Waals surface area contributed by atoms with Gasteiger partial charge in [0.2, 0.25) is 0 Å². The molecule has 0 saturated heterocycles. The lowest BCUT2D eigenvalue weighted by Crippen LogP contribution is -2.29. The Morgan fingerprint density at radius 1 is 1.50 bits per heavy atom. The normalized spacial score (nSPS) is 13.5. The van der Waals surface area contributed by atoms with Crippen LogP contribution in [0, 0.1) is 0 Å². The zero-order chi connectivity index (χ0) is 10.6. The maximum absolute atomic E-state index is 12.6. The third-order valence-corrected chi connectivity index (χ3v) is 2.04. The summed E-state index contributed by atoms with van der Waals surface area (Å²) >= 11 is 0.